The van der Waals surface area contributed by atoms with E-state index < -0.39 is 59.6 Å². The number of fused-ring (bicyclic) bond motifs is 3. The van der Waals surface area contributed by atoms with Crippen LogP contribution < -0.4 is 15.0 Å². The number of thiol groups is 1. The standard InChI is InChI=1S/C35H50ClN3O10S/c1-20-11-10-12-26(46-9)35(5,44)37-33(43)47-19-21(2)31-34(4,49-31)27(48-32(42)22(3)38(6)28(40)13-14-50)18-29(41)39(7)24-16-23(15-20)17-25(45-8)30(24)36/h10-12,16-17,21-22,26-27,31,44,50H,13-15,18-19H2,1-9H3,(H,37,43)/b12-10+,20-11+/t21-,22?,26-,27+,31+,34+,35+/m1/s1. The van der Waals surface area contributed by atoms with Gasteiger partial charge in [-0.2, -0.15) is 12.6 Å². The van der Waals surface area contributed by atoms with Crippen LogP contribution in [0.25, 0.3) is 0 Å². The number of nitrogens with one attached hydrogen (secondary N) is 1. The molecule has 2 aliphatic rings. The molecule has 13 nitrogen and oxygen atoms in total. The molecule has 1 fully saturated rings. The van der Waals surface area contributed by atoms with Crippen molar-refractivity contribution in [2.24, 2.45) is 5.92 Å². The number of hydrogen-bond donors (Lipinski definition) is 3. The second-order valence-corrected chi connectivity index (χ2v) is 14.0. The number of benzene rings is 1. The fraction of sp³-hybridized carbons (Fsp3) is 0.600. The van der Waals surface area contributed by atoms with E-state index in [4.69, 9.17) is 35.3 Å². The molecule has 2 heterocycles. The van der Waals surface area contributed by atoms with Gasteiger partial charge in [0.2, 0.25) is 11.8 Å². The SMILES string of the molecule is COc1cc2cc(c1Cl)N(C)C(=O)C[C@H](OC(=O)C(C)N(C)C(=O)CCS)[C@]1(C)O[C@H]1[C@H](C)COC(=O)N[C@@](C)(O)[C@H](OC)/C=C/C=C(\C)C2. The average molecular weight is 740 g/mol. The summed E-state index contributed by atoms with van der Waals surface area (Å²) in [6.45, 7) is 8.20. The number of aliphatic hydroxyl groups is 1. The number of ether oxygens (including phenoxy) is 5. The molecule has 0 spiro atoms. The lowest BCUT2D eigenvalue weighted by atomic mass is 9.91. The van der Waals surface area contributed by atoms with Crippen LogP contribution in [-0.2, 0) is 39.8 Å². The average Bonchev–Trinajstić information content (AvgIpc) is 3.76. The van der Waals surface area contributed by atoms with E-state index in [-0.39, 0.29) is 30.4 Å². The van der Waals surface area contributed by atoms with E-state index in [0.717, 1.165) is 11.1 Å². The third kappa shape index (κ3) is 9.93. The zero-order valence-electron chi connectivity index (χ0n) is 30.2. The Morgan fingerprint density at radius 2 is 1.94 bits per heavy atom. The summed E-state index contributed by atoms with van der Waals surface area (Å²) in [4.78, 5) is 55.3. The predicted molar refractivity (Wildman–Crippen MR) is 192 cm³/mol. The van der Waals surface area contributed by atoms with Gasteiger partial charge in [0.05, 0.1) is 31.9 Å². The zero-order valence-corrected chi connectivity index (χ0v) is 31.8. The molecule has 0 radical (unpaired) electrons. The number of cyclic esters (lactones) is 1. The number of amides is 3. The Labute approximate surface area is 304 Å². The van der Waals surface area contributed by atoms with Crippen molar-refractivity contribution >= 4 is 53.8 Å². The minimum absolute atomic E-state index is 0.119. The number of hydrogen-bond acceptors (Lipinski definition) is 11. The third-order valence-electron chi connectivity index (χ3n) is 9.13. The zero-order chi connectivity index (χ0) is 37.6. The summed E-state index contributed by atoms with van der Waals surface area (Å²) in [5, 5.41) is 13.7. The number of rotatable bonds is 7. The quantitative estimate of drug-likeness (QED) is 0.212. The van der Waals surface area contributed by atoms with Crippen LogP contribution in [0.2, 0.25) is 5.02 Å². The third-order valence-corrected chi connectivity index (χ3v) is 9.73. The summed E-state index contributed by atoms with van der Waals surface area (Å²) < 4.78 is 28.5. The van der Waals surface area contributed by atoms with Crippen LogP contribution >= 0.6 is 24.2 Å². The van der Waals surface area contributed by atoms with Gasteiger partial charge in [0.15, 0.2) is 5.72 Å². The minimum Gasteiger partial charge on any atom is -0.495 e. The molecular weight excluding hydrogens is 690 g/mol. The van der Waals surface area contributed by atoms with Crippen molar-refractivity contribution in [3.63, 3.8) is 0 Å². The highest BCUT2D eigenvalue weighted by Gasteiger charge is 2.62. The van der Waals surface area contributed by atoms with Gasteiger partial charge >= 0.3 is 12.1 Å². The molecule has 15 heteroatoms. The molecule has 2 aliphatic heterocycles. The van der Waals surface area contributed by atoms with Crippen molar-refractivity contribution < 1.29 is 48.0 Å². The molecule has 278 valence electrons. The van der Waals surface area contributed by atoms with Crippen LogP contribution in [-0.4, -0.2) is 110 Å². The Balaban J connectivity index is 2.04. The predicted octanol–water partition coefficient (Wildman–Crippen LogP) is 4.08. The molecule has 1 aromatic rings. The summed E-state index contributed by atoms with van der Waals surface area (Å²) in [6.07, 6.45) is 1.95. The lowest BCUT2D eigenvalue weighted by Crippen LogP contribution is -2.54. The number of allylic oxidation sites excluding steroid dienone is 3. The Kier molecular flexibility index (Phi) is 14.2. The number of epoxide rings is 1. The number of methoxy groups -OCH3 is 2. The first-order chi connectivity index (χ1) is 23.4. The first kappa shape index (κ1) is 41.1. The monoisotopic (exact) mass is 739 g/mol. The Hall–Kier alpha value is -3.30. The fourth-order valence-corrected chi connectivity index (χ4v) is 6.30. The lowest BCUT2D eigenvalue weighted by Gasteiger charge is -2.30. The summed E-state index contributed by atoms with van der Waals surface area (Å²) in [5.41, 5.74) is -0.879. The van der Waals surface area contributed by atoms with Crippen LogP contribution in [0.3, 0.4) is 0 Å². The van der Waals surface area contributed by atoms with Gasteiger partial charge in [0.25, 0.3) is 0 Å². The van der Waals surface area contributed by atoms with Gasteiger partial charge in [-0.15, -0.1) is 0 Å². The maximum absolute atomic E-state index is 14.0. The van der Waals surface area contributed by atoms with E-state index in [0.29, 0.717) is 23.6 Å². The summed E-state index contributed by atoms with van der Waals surface area (Å²) in [5.74, 6) is -1.18. The molecule has 0 saturated carbocycles. The molecule has 1 unspecified atom stereocenters. The molecule has 7 atom stereocenters. The van der Waals surface area contributed by atoms with Gasteiger partial charge in [-0.1, -0.05) is 42.3 Å². The van der Waals surface area contributed by atoms with Crippen LogP contribution in [0, 0.1) is 5.92 Å². The number of alkyl carbamates (subject to hydrolysis) is 1. The van der Waals surface area contributed by atoms with Crippen molar-refractivity contribution in [3.05, 3.63) is 46.5 Å². The lowest BCUT2D eigenvalue weighted by molar-refractivity contribution is -0.161. The molecule has 0 aliphatic carbocycles. The number of carbonyl (C=O) groups excluding carboxylic acids is 4. The molecule has 50 heavy (non-hydrogen) atoms. The molecule has 0 aromatic heterocycles. The second kappa shape index (κ2) is 17.3. The van der Waals surface area contributed by atoms with Gasteiger partial charge in [0, 0.05) is 33.5 Å². The number of esters is 1. The van der Waals surface area contributed by atoms with Crippen LogP contribution in [0.15, 0.2) is 35.9 Å². The first-order valence-corrected chi connectivity index (χ1v) is 17.3. The number of nitrogens with zero attached hydrogens (tertiary/aromatic N) is 2. The van der Waals surface area contributed by atoms with E-state index in [1.54, 1.807) is 45.2 Å². The molecular formula is C35H50ClN3O10S. The smallest absolute Gasteiger partial charge is 0.409 e. The summed E-state index contributed by atoms with van der Waals surface area (Å²) in [7, 11) is 5.95. The fourth-order valence-electron chi connectivity index (χ4n) is 5.79. The molecule has 1 saturated heterocycles. The van der Waals surface area contributed by atoms with Gasteiger partial charge in [0.1, 0.15) is 34.6 Å². The van der Waals surface area contributed by atoms with E-state index in [9.17, 15) is 24.3 Å². The number of carbonyl (C=O) groups is 4. The normalized spacial score (nSPS) is 30.2. The topological polar surface area (TPSA) is 156 Å². The van der Waals surface area contributed by atoms with Crippen molar-refractivity contribution in [1.29, 1.82) is 0 Å². The van der Waals surface area contributed by atoms with Crippen molar-refractivity contribution in [1.82, 2.24) is 10.2 Å². The van der Waals surface area contributed by atoms with Gasteiger partial charge in [-0.25, -0.2) is 9.59 Å². The molecule has 3 amide bonds. The van der Waals surface area contributed by atoms with E-state index in [2.05, 4.69) is 17.9 Å². The van der Waals surface area contributed by atoms with Gasteiger partial charge < -0.3 is 38.6 Å². The maximum Gasteiger partial charge on any atom is 0.409 e. The van der Waals surface area contributed by atoms with Crippen molar-refractivity contribution in [2.75, 3.05) is 45.6 Å². The van der Waals surface area contributed by atoms with Gasteiger partial charge in [-0.05, 0) is 57.6 Å². The largest absolute Gasteiger partial charge is 0.495 e. The Morgan fingerprint density at radius 3 is 2.56 bits per heavy atom. The first-order valence-electron chi connectivity index (χ1n) is 16.3. The number of likely N-dealkylation sites (N-methyl/N-ethyl adjacent to an activating group) is 1. The Morgan fingerprint density at radius 1 is 1.26 bits per heavy atom. The number of anilines is 1. The van der Waals surface area contributed by atoms with Crippen LogP contribution in [0.4, 0.5) is 10.5 Å². The highest BCUT2D eigenvalue weighted by Crippen LogP contribution is 2.47. The van der Waals surface area contributed by atoms with Crippen molar-refractivity contribution in [2.45, 2.75) is 89.6 Å². The second-order valence-electron chi connectivity index (χ2n) is 13.2. The summed E-state index contributed by atoms with van der Waals surface area (Å²) in [6, 6.07) is 2.60. The molecule has 2 N–H and O–H groups in total. The molecule has 3 rings (SSSR count). The maximum atomic E-state index is 14.0. The highest BCUT2D eigenvalue weighted by molar-refractivity contribution is 7.80. The number of halogens is 1. The minimum atomic E-state index is -1.82. The highest BCUT2D eigenvalue weighted by atomic mass is 35.5. The van der Waals surface area contributed by atoms with Gasteiger partial charge in [-0.3, -0.25) is 14.9 Å². The van der Waals surface area contributed by atoms with E-state index in [1.807, 2.05) is 13.0 Å². The van der Waals surface area contributed by atoms with Crippen molar-refractivity contribution in [3.8, 4) is 5.75 Å². The van der Waals surface area contributed by atoms with E-state index in [1.165, 1.54) is 44.9 Å². The van der Waals surface area contributed by atoms with Crippen LogP contribution in [0.1, 0.15) is 53.0 Å². The molecule has 2 bridgehead atoms. The summed E-state index contributed by atoms with van der Waals surface area (Å²) >= 11 is 10.8. The van der Waals surface area contributed by atoms with Crippen LogP contribution in [0.5, 0.6) is 5.75 Å². The van der Waals surface area contributed by atoms with E-state index >= 15 is 0 Å². The Bertz CT molecular complexity index is 1490. The molecule has 1 aromatic carbocycles.